The summed E-state index contributed by atoms with van der Waals surface area (Å²) >= 11 is 3.33. The van der Waals surface area contributed by atoms with Gasteiger partial charge in [0.15, 0.2) is 0 Å². The minimum atomic E-state index is -0.414. The number of aromatic nitrogens is 1. The molecule has 2 rings (SSSR count). The van der Waals surface area contributed by atoms with Gasteiger partial charge in [0.05, 0.1) is 11.1 Å². The fourth-order valence-electron chi connectivity index (χ4n) is 2.79. The normalized spacial score (nSPS) is 10.5. The van der Waals surface area contributed by atoms with E-state index in [2.05, 4.69) is 21.2 Å². The molecule has 0 aliphatic rings. The molecule has 0 radical (unpaired) electrons. The second-order valence-corrected chi connectivity index (χ2v) is 7.14. The molecule has 0 spiro atoms. The van der Waals surface area contributed by atoms with Crippen LogP contribution in [0.2, 0.25) is 0 Å². The van der Waals surface area contributed by atoms with Gasteiger partial charge >= 0.3 is 0 Å². The number of rotatable bonds is 7. The zero-order valence-electron chi connectivity index (χ0n) is 15.8. The van der Waals surface area contributed by atoms with E-state index in [4.69, 9.17) is 0 Å². The fourth-order valence-corrected chi connectivity index (χ4v) is 3.26. The Morgan fingerprint density at radius 1 is 1.15 bits per heavy atom. The maximum Gasteiger partial charge on any atom is 0.274 e. The Balaban J connectivity index is 2.35. The molecule has 1 aromatic carbocycles. The Bertz CT molecular complexity index is 886. The molecule has 0 atom stereocenters. The Labute approximate surface area is 167 Å². The first-order chi connectivity index (χ1) is 12.9. The van der Waals surface area contributed by atoms with Gasteiger partial charge in [0, 0.05) is 30.8 Å². The number of anilines is 1. The number of halogens is 1. The van der Waals surface area contributed by atoms with Crippen LogP contribution >= 0.6 is 15.9 Å². The van der Waals surface area contributed by atoms with E-state index in [0.29, 0.717) is 28.7 Å². The summed E-state index contributed by atoms with van der Waals surface area (Å²) in [6, 6.07) is 8.40. The van der Waals surface area contributed by atoms with Crippen LogP contribution < -0.4 is 10.9 Å². The number of benzene rings is 1. The molecule has 7 heteroatoms. The average molecular weight is 434 g/mol. The Morgan fingerprint density at radius 3 is 2.37 bits per heavy atom. The van der Waals surface area contributed by atoms with Crippen molar-refractivity contribution in [1.82, 2.24) is 9.47 Å². The lowest BCUT2D eigenvalue weighted by molar-refractivity contribution is 0.0754. The van der Waals surface area contributed by atoms with Gasteiger partial charge in [0.1, 0.15) is 5.69 Å². The van der Waals surface area contributed by atoms with Crippen molar-refractivity contribution >= 4 is 33.4 Å². The molecule has 0 bridgehead atoms. The van der Waals surface area contributed by atoms with Crippen molar-refractivity contribution < 1.29 is 9.59 Å². The Kier molecular flexibility index (Phi) is 7.36. The summed E-state index contributed by atoms with van der Waals surface area (Å²) in [5.74, 6) is -0.561. The number of pyridine rings is 1. The first kappa shape index (κ1) is 20.9. The lowest BCUT2D eigenvalue weighted by atomic mass is 10.2. The molecule has 0 fully saturated rings. The van der Waals surface area contributed by atoms with Gasteiger partial charge < -0.3 is 14.8 Å². The minimum Gasteiger partial charge on any atom is -0.339 e. The molecule has 2 aromatic rings. The van der Waals surface area contributed by atoms with Crippen molar-refractivity contribution in [2.45, 2.75) is 26.7 Å². The number of nitrogens with one attached hydrogen (secondary N) is 1. The first-order valence-corrected chi connectivity index (χ1v) is 9.74. The fraction of sp³-hybridized carbons (Fsp3) is 0.350. The molecule has 1 heterocycles. The molecule has 2 amide bonds. The van der Waals surface area contributed by atoms with Crippen molar-refractivity contribution in [3.63, 3.8) is 0 Å². The van der Waals surface area contributed by atoms with Crippen LogP contribution in [0.15, 0.2) is 45.8 Å². The third-order valence-electron chi connectivity index (χ3n) is 4.07. The van der Waals surface area contributed by atoms with Crippen LogP contribution in [0.1, 0.15) is 47.4 Å². The van der Waals surface area contributed by atoms with Gasteiger partial charge in [-0.05, 0) is 47.0 Å². The van der Waals surface area contributed by atoms with Gasteiger partial charge in [-0.3, -0.25) is 14.4 Å². The van der Waals surface area contributed by atoms with Crippen LogP contribution in [-0.2, 0) is 7.05 Å². The van der Waals surface area contributed by atoms with Crippen LogP contribution in [-0.4, -0.2) is 34.4 Å². The summed E-state index contributed by atoms with van der Waals surface area (Å²) in [7, 11) is 1.57. The van der Waals surface area contributed by atoms with E-state index in [1.54, 1.807) is 36.2 Å². The summed E-state index contributed by atoms with van der Waals surface area (Å²) in [5.41, 5.74) is 0.498. The molecule has 0 unspecified atom stereocenters. The number of amides is 2. The molecular formula is C20H24BrN3O3. The molecule has 144 valence electrons. The molecule has 0 saturated carbocycles. The number of carbonyl (C=O) groups is 2. The second kappa shape index (κ2) is 9.50. The zero-order chi connectivity index (χ0) is 20.0. The summed E-state index contributed by atoms with van der Waals surface area (Å²) in [5, 5.41) is 2.63. The van der Waals surface area contributed by atoms with Gasteiger partial charge in [-0.15, -0.1) is 0 Å². The van der Waals surface area contributed by atoms with Crippen molar-refractivity contribution in [1.29, 1.82) is 0 Å². The average Bonchev–Trinajstić information content (AvgIpc) is 2.64. The smallest absolute Gasteiger partial charge is 0.274 e. The standard InChI is InChI=1S/C20H24BrN3O3/c1-4-10-24(11-5-2)19(26)14-12-17(20(27)23(3)13-14)22-18(25)15-8-6-7-9-16(15)21/h6-9,12-13H,4-5,10-11H2,1-3H3,(H,22,25). The summed E-state index contributed by atoms with van der Waals surface area (Å²) in [6.45, 7) is 5.32. The predicted molar refractivity (Wildman–Crippen MR) is 110 cm³/mol. The molecular weight excluding hydrogens is 410 g/mol. The second-order valence-electron chi connectivity index (χ2n) is 6.28. The topological polar surface area (TPSA) is 71.4 Å². The van der Waals surface area contributed by atoms with Crippen LogP contribution in [0.5, 0.6) is 0 Å². The van der Waals surface area contributed by atoms with E-state index in [-0.39, 0.29) is 17.2 Å². The Morgan fingerprint density at radius 2 is 1.78 bits per heavy atom. The summed E-state index contributed by atoms with van der Waals surface area (Å²) in [4.78, 5) is 39.6. The van der Waals surface area contributed by atoms with E-state index < -0.39 is 5.91 Å². The van der Waals surface area contributed by atoms with Gasteiger partial charge in [0.2, 0.25) is 0 Å². The van der Waals surface area contributed by atoms with Crippen LogP contribution in [0, 0.1) is 0 Å². The Hall–Kier alpha value is -2.41. The zero-order valence-corrected chi connectivity index (χ0v) is 17.4. The van der Waals surface area contributed by atoms with Crippen molar-refractivity contribution in [3.05, 3.63) is 62.5 Å². The minimum absolute atomic E-state index is 0.0806. The third-order valence-corrected chi connectivity index (χ3v) is 4.76. The summed E-state index contributed by atoms with van der Waals surface area (Å²) in [6.07, 6.45) is 3.21. The predicted octanol–water partition coefficient (Wildman–Crippen LogP) is 3.66. The highest BCUT2D eigenvalue weighted by Crippen LogP contribution is 2.17. The van der Waals surface area contributed by atoms with Gasteiger partial charge in [-0.1, -0.05) is 26.0 Å². The van der Waals surface area contributed by atoms with E-state index in [1.807, 2.05) is 13.8 Å². The van der Waals surface area contributed by atoms with Crippen molar-refractivity contribution in [2.75, 3.05) is 18.4 Å². The highest BCUT2D eigenvalue weighted by Gasteiger charge is 2.18. The monoisotopic (exact) mass is 433 g/mol. The number of hydrogen-bond donors (Lipinski definition) is 1. The van der Waals surface area contributed by atoms with Crippen molar-refractivity contribution in [2.24, 2.45) is 7.05 Å². The van der Waals surface area contributed by atoms with Gasteiger partial charge in [0.25, 0.3) is 17.4 Å². The molecule has 1 aromatic heterocycles. The van der Waals surface area contributed by atoms with E-state index in [0.717, 1.165) is 12.8 Å². The summed E-state index contributed by atoms with van der Waals surface area (Å²) < 4.78 is 1.95. The number of hydrogen-bond acceptors (Lipinski definition) is 3. The van der Waals surface area contributed by atoms with E-state index in [9.17, 15) is 14.4 Å². The lowest BCUT2D eigenvalue weighted by Gasteiger charge is -2.22. The molecule has 6 nitrogen and oxygen atoms in total. The number of nitrogens with zero attached hydrogens (tertiary/aromatic N) is 2. The SMILES string of the molecule is CCCN(CCC)C(=O)c1cc(NC(=O)c2ccccc2Br)c(=O)n(C)c1. The lowest BCUT2D eigenvalue weighted by Crippen LogP contribution is -2.34. The number of carbonyl (C=O) groups excluding carboxylic acids is 2. The quantitative estimate of drug-likeness (QED) is 0.723. The maximum absolute atomic E-state index is 12.8. The third kappa shape index (κ3) is 5.07. The van der Waals surface area contributed by atoms with Gasteiger partial charge in [-0.2, -0.15) is 0 Å². The van der Waals surface area contributed by atoms with E-state index in [1.165, 1.54) is 16.8 Å². The van der Waals surface area contributed by atoms with Crippen molar-refractivity contribution in [3.8, 4) is 0 Å². The van der Waals surface area contributed by atoms with Crippen LogP contribution in [0.3, 0.4) is 0 Å². The molecule has 0 aliphatic heterocycles. The largest absolute Gasteiger partial charge is 0.339 e. The highest BCUT2D eigenvalue weighted by atomic mass is 79.9. The van der Waals surface area contributed by atoms with Crippen LogP contribution in [0.25, 0.3) is 0 Å². The number of aryl methyl sites for hydroxylation is 1. The highest BCUT2D eigenvalue weighted by molar-refractivity contribution is 9.10. The maximum atomic E-state index is 12.8. The van der Waals surface area contributed by atoms with Crippen LogP contribution in [0.4, 0.5) is 5.69 Å². The molecule has 0 aliphatic carbocycles. The molecule has 27 heavy (non-hydrogen) atoms. The molecule has 0 saturated heterocycles. The van der Waals surface area contributed by atoms with E-state index >= 15 is 0 Å². The van der Waals surface area contributed by atoms with Gasteiger partial charge in [-0.25, -0.2) is 0 Å². The first-order valence-electron chi connectivity index (χ1n) is 8.94. The molecule has 1 N–H and O–H groups in total.